The molecule has 1 amide bonds. The fraction of sp³-hybridized carbons (Fsp3) is 0.519. The zero-order valence-corrected chi connectivity index (χ0v) is 19.8. The molecule has 6 nitrogen and oxygen atoms in total. The molecule has 1 aromatic carbocycles. The topological polar surface area (TPSA) is 63.4 Å². The van der Waals surface area contributed by atoms with Crippen LogP contribution in [0.3, 0.4) is 0 Å². The van der Waals surface area contributed by atoms with E-state index in [0.29, 0.717) is 6.42 Å². The van der Waals surface area contributed by atoms with Gasteiger partial charge in [-0.25, -0.2) is 0 Å². The lowest BCUT2D eigenvalue weighted by molar-refractivity contribution is -0.127. The molecular weight excluding hydrogens is 410 g/mol. The highest BCUT2D eigenvalue weighted by atomic mass is 16.2. The van der Waals surface area contributed by atoms with E-state index in [4.69, 9.17) is 0 Å². The van der Waals surface area contributed by atoms with Crippen LogP contribution in [0.5, 0.6) is 0 Å². The number of aromatic amines is 1. The molecule has 2 saturated heterocycles. The first kappa shape index (κ1) is 23.4. The summed E-state index contributed by atoms with van der Waals surface area (Å²) in [7, 11) is 0. The van der Waals surface area contributed by atoms with Crippen LogP contribution in [0.25, 0.3) is 5.70 Å². The molecular formula is C27H39N5O. The van der Waals surface area contributed by atoms with Gasteiger partial charge in [0, 0.05) is 56.6 Å². The Morgan fingerprint density at radius 2 is 1.91 bits per heavy atom. The van der Waals surface area contributed by atoms with E-state index in [1.807, 2.05) is 11.1 Å². The molecule has 4 rings (SSSR count). The minimum atomic E-state index is 0.276. The Morgan fingerprint density at radius 1 is 1.09 bits per heavy atom. The summed E-state index contributed by atoms with van der Waals surface area (Å²) in [4.78, 5) is 19.5. The lowest BCUT2D eigenvalue weighted by Gasteiger charge is -2.32. The predicted molar refractivity (Wildman–Crippen MR) is 136 cm³/mol. The van der Waals surface area contributed by atoms with Crippen LogP contribution in [0, 0.1) is 5.92 Å². The highest BCUT2D eigenvalue weighted by Crippen LogP contribution is 2.22. The number of piperidine rings is 1. The number of aromatic nitrogens is 1. The molecule has 0 aliphatic carbocycles. The molecule has 178 valence electrons. The molecule has 2 fully saturated rings. The van der Waals surface area contributed by atoms with Crippen molar-refractivity contribution in [3.63, 3.8) is 0 Å². The van der Waals surface area contributed by atoms with E-state index in [1.54, 1.807) is 0 Å². The van der Waals surface area contributed by atoms with Crippen molar-refractivity contribution < 1.29 is 4.79 Å². The molecule has 2 aliphatic rings. The molecule has 33 heavy (non-hydrogen) atoms. The van der Waals surface area contributed by atoms with Crippen LogP contribution in [0.2, 0.25) is 0 Å². The molecule has 1 aromatic heterocycles. The maximum atomic E-state index is 11.7. The second kappa shape index (κ2) is 11.9. The fourth-order valence-electron chi connectivity index (χ4n) is 4.92. The van der Waals surface area contributed by atoms with Crippen molar-refractivity contribution in [3.8, 4) is 0 Å². The standard InChI is InChI=1S/C27H39N5O/c1-22(25-20-26(30-21-25)29-14-19-32-15-5-8-27(32)33)28-13-18-31-16-11-24(12-17-31)10-9-23-6-3-2-4-7-23/h2-4,6-7,20-21,24,28-30H,1,5,8-19H2. The normalized spacial score (nSPS) is 17.5. The number of hydrogen-bond acceptors (Lipinski definition) is 4. The number of nitrogens with one attached hydrogen (secondary N) is 3. The Kier molecular flexibility index (Phi) is 8.47. The lowest BCUT2D eigenvalue weighted by Crippen LogP contribution is -2.38. The second-order valence-corrected chi connectivity index (χ2v) is 9.43. The largest absolute Gasteiger partial charge is 0.384 e. The van der Waals surface area contributed by atoms with Gasteiger partial charge >= 0.3 is 0 Å². The molecule has 0 saturated carbocycles. The molecule has 0 atom stereocenters. The van der Waals surface area contributed by atoms with E-state index >= 15 is 0 Å². The van der Waals surface area contributed by atoms with Crippen LogP contribution in [0.4, 0.5) is 5.82 Å². The molecule has 0 unspecified atom stereocenters. The van der Waals surface area contributed by atoms with Crippen LogP contribution in [-0.2, 0) is 11.2 Å². The number of hydrogen-bond donors (Lipinski definition) is 3. The summed E-state index contributed by atoms with van der Waals surface area (Å²) in [5.41, 5.74) is 3.49. The van der Waals surface area contributed by atoms with Crippen LogP contribution >= 0.6 is 0 Å². The SMILES string of the molecule is C=C(NCCN1CCC(CCc2ccccc2)CC1)c1c[nH]c(NCCN2CCCC2=O)c1. The van der Waals surface area contributed by atoms with Gasteiger partial charge in [0.25, 0.3) is 0 Å². The van der Waals surface area contributed by atoms with Gasteiger partial charge in [-0.2, -0.15) is 0 Å². The van der Waals surface area contributed by atoms with E-state index in [1.165, 1.54) is 44.3 Å². The number of amides is 1. The average Bonchev–Trinajstić information content (AvgIpc) is 3.48. The minimum absolute atomic E-state index is 0.276. The van der Waals surface area contributed by atoms with E-state index in [-0.39, 0.29) is 5.91 Å². The van der Waals surface area contributed by atoms with Gasteiger partial charge in [0.05, 0.1) is 0 Å². The number of anilines is 1. The number of carbonyl (C=O) groups is 1. The maximum Gasteiger partial charge on any atom is 0.222 e. The van der Waals surface area contributed by atoms with Gasteiger partial charge in [0.1, 0.15) is 5.82 Å². The Hall–Kier alpha value is -2.73. The summed E-state index contributed by atoms with van der Waals surface area (Å²) in [6.45, 7) is 11.0. The van der Waals surface area contributed by atoms with Gasteiger partial charge in [-0.3, -0.25) is 4.79 Å². The molecule has 2 aliphatic heterocycles. The number of rotatable bonds is 12. The fourth-order valence-corrected chi connectivity index (χ4v) is 4.92. The summed E-state index contributed by atoms with van der Waals surface area (Å²) in [5, 5.41) is 6.86. The van der Waals surface area contributed by atoms with Gasteiger partial charge in [-0.05, 0) is 62.7 Å². The van der Waals surface area contributed by atoms with Crippen molar-refractivity contribution >= 4 is 17.4 Å². The summed E-state index contributed by atoms with van der Waals surface area (Å²) >= 11 is 0. The van der Waals surface area contributed by atoms with E-state index < -0.39 is 0 Å². The van der Waals surface area contributed by atoms with Crippen LogP contribution in [-0.4, -0.2) is 66.5 Å². The zero-order valence-electron chi connectivity index (χ0n) is 19.8. The average molecular weight is 450 g/mol. The highest BCUT2D eigenvalue weighted by molar-refractivity contribution is 5.78. The van der Waals surface area contributed by atoms with Crippen molar-refractivity contribution in [2.24, 2.45) is 5.92 Å². The molecule has 0 radical (unpaired) electrons. The molecule has 3 N–H and O–H groups in total. The van der Waals surface area contributed by atoms with Gasteiger partial charge in [0.2, 0.25) is 5.91 Å². The first-order valence-corrected chi connectivity index (χ1v) is 12.6. The molecule has 3 heterocycles. The number of benzene rings is 1. The Morgan fingerprint density at radius 3 is 2.67 bits per heavy atom. The third-order valence-corrected chi connectivity index (χ3v) is 7.06. The minimum Gasteiger partial charge on any atom is -0.384 e. The van der Waals surface area contributed by atoms with Gasteiger partial charge in [-0.15, -0.1) is 0 Å². The number of aryl methyl sites for hydroxylation is 1. The van der Waals surface area contributed by atoms with Crippen molar-refractivity contribution in [3.05, 3.63) is 60.3 Å². The van der Waals surface area contributed by atoms with Gasteiger partial charge < -0.3 is 25.4 Å². The van der Waals surface area contributed by atoms with E-state index in [9.17, 15) is 4.79 Å². The first-order chi connectivity index (χ1) is 16.2. The summed E-state index contributed by atoms with van der Waals surface area (Å²) in [6, 6.07) is 12.9. The number of likely N-dealkylation sites (tertiary alicyclic amines) is 2. The molecule has 0 spiro atoms. The zero-order chi connectivity index (χ0) is 22.9. The number of H-pyrrole nitrogens is 1. The monoisotopic (exact) mass is 449 g/mol. The molecule has 0 bridgehead atoms. The number of nitrogens with zero attached hydrogens (tertiary/aromatic N) is 2. The van der Waals surface area contributed by atoms with Crippen LogP contribution < -0.4 is 10.6 Å². The Labute approximate surface area is 198 Å². The first-order valence-electron chi connectivity index (χ1n) is 12.6. The molecule has 2 aromatic rings. The van der Waals surface area contributed by atoms with Crippen molar-refractivity contribution in [2.45, 2.75) is 38.5 Å². The summed E-state index contributed by atoms with van der Waals surface area (Å²) in [5.74, 6) is 2.11. The Balaban J connectivity index is 1.08. The van der Waals surface area contributed by atoms with E-state index in [2.05, 4.69) is 63.5 Å². The van der Waals surface area contributed by atoms with Crippen LogP contribution in [0.15, 0.2) is 49.2 Å². The maximum absolute atomic E-state index is 11.7. The van der Waals surface area contributed by atoms with Gasteiger partial charge in [0.15, 0.2) is 0 Å². The summed E-state index contributed by atoms with van der Waals surface area (Å²) in [6.07, 6.45) is 8.81. The third kappa shape index (κ3) is 7.13. The van der Waals surface area contributed by atoms with Crippen molar-refractivity contribution in [2.75, 3.05) is 51.1 Å². The molecule has 6 heteroatoms. The lowest BCUT2D eigenvalue weighted by atomic mass is 9.90. The van der Waals surface area contributed by atoms with E-state index in [0.717, 1.165) is 62.1 Å². The van der Waals surface area contributed by atoms with Crippen molar-refractivity contribution in [1.82, 2.24) is 20.1 Å². The quantitative estimate of drug-likeness (QED) is 0.459. The van der Waals surface area contributed by atoms with Crippen molar-refractivity contribution in [1.29, 1.82) is 0 Å². The highest BCUT2D eigenvalue weighted by Gasteiger charge is 2.20. The van der Waals surface area contributed by atoms with Crippen LogP contribution in [0.1, 0.15) is 43.2 Å². The number of carbonyl (C=O) groups excluding carboxylic acids is 1. The second-order valence-electron chi connectivity index (χ2n) is 9.43. The third-order valence-electron chi connectivity index (χ3n) is 7.06. The summed E-state index contributed by atoms with van der Waals surface area (Å²) < 4.78 is 0. The smallest absolute Gasteiger partial charge is 0.222 e. The van der Waals surface area contributed by atoms with Gasteiger partial charge in [-0.1, -0.05) is 36.9 Å². The predicted octanol–water partition coefficient (Wildman–Crippen LogP) is 3.95. The Bertz CT molecular complexity index is 885.